The second kappa shape index (κ2) is 5.24. The van der Waals surface area contributed by atoms with E-state index in [9.17, 15) is 9.90 Å². The van der Waals surface area contributed by atoms with Gasteiger partial charge in [0.2, 0.25) is 0 Å². The van der Waals surface area contributed by atoms with Gasteiger partial charge in [-0.05, 0) is 32.7 Å². The minimum absolute atomic E-state index is 0.0233. The van der Waals surface area contributed by atoms with Gasteiger partial charge in [0.05, 0.1) is 18.3 Å². The van der Waals surface area contributed by atoms with Gasteiger partial charge in [0.1, 0.15) is 0 Å². The highest BCUT2D eigenvalue weighted by Gasteiger charge is 2.39. The normalized spacial score (nSPS) is 28.7. The molecule has 0 saturated heterocycles. The molecule has 0 unspecified atom stereocenters. The molecule has 0 aromatic heterocycles. The van der Waals surface area contributed by atoms with Crippen LogP contribution in [0, 0.1) is 0 Å². The largest absolute Gasteiger partial charge is 0.393 e. The van der Waals surface area contributed by atoms with Gasteiger partial charge in [0, 0.05) is 11.6 Å². The van der Waals surface area contributed by atoms with Gasteiger partial charge in [-0.15, -0.1) is 0 Å². The van der Waals surface area contributed by atoms with Crippen LogP contribution in [0.25, 0.3) is 0 Å². The smallest absolute Gasteiger partial charge is 0.252 e. The Bertz CT molecular complexity index is 439. The van der Waals surface area contributed by atoms with Crippen LogP contribution in [0.4, 0.5) is 0 Å². The van der Waals surface area contributed by atoms with E-state index in [1.165, 1.54) is 11.8 Å². The van der Waals surface area contributed by atoms with Crippen molar-refractivity contribution in [1.29, 1.82) is 0 Å². The molecular formula is C12H17N3O2S. The quantitative estimate of drug-likeness (QED) is 0.600. The van der Waals surface area contributed by atoms with Gasteiger partial charge in [-0.1, -0.05) is 11.8 Å². The highest BCUT2D eigenvalue weighted by molar-refractivity contribution is 8.13. The molecule has 18 heavy (non-hydrogen) atoms. The third kappa shape index (κ3) is 2.35. The number of amidine groups is 1. The first kappa shape index (κ1) is 13.3. The summed E-state index contributed by atoms with van der Waals surface area (Å²) < 4.78 is 0. The SMILES string of the molecule is C=NC(=NC1=C(C)C(=O)N(C2CC(O)C2)C1)SC. The zero-order valence-corrected chi connectivity index (χ0v) is 11.4. The van der Waals surface area contributed by atoms with Crippen LogP contribution in [0.3, 0.4) is 0 Å². The Morgan fingerprint density at radius 1 is 1.56 bits per heavy atom. The summed E-state index contributed by atoms with van der Waals surface area (Å²) in [5, 5.41) is 9.89. The van der Waals surface area contributed by atoms with Gasteiger partial charge in [-0.25, -0.2) is 9.98 Å². The van der Waals surface area contributed by atoms with Crippen molar-refractivity contribution >= 4 is 29.6 Å². The first-order valence-corrected chi connectivity index (χ1v) is 7.07. The fraction of sp³-hybridized carbons (Fsp3) is 0.583. The van der Waals surface area contributed by atoms with E-state index in [2.05, 4.69) is 16.7 Å². The number of aliphatic hydroxyl groups is 1. The van der Waals surface area contributed by atoms with E-state index in [0.717, 1.165) is 5.70 Å². The van der Waals surface area contributed by atoms with Crippen molar-refractivity contribution in [2.75, 3.05) is 12.8 Å². The summed E-state index contributed by atoms with van der Waals surface area (Å²) in [6, 6.07) is 0.157. The van der Waals surface area contributed by atoms with Gasteiger partial charge in [0.15, 0.2) is 5.17 Å². The molecule has 1 aliphatic carbocycles. The molecule has 0 aromatic carbocycles. The molecule has 1 saturated carbocycles. The Morgan fingerprint density at radius 2 is 2.22 bits per heavy atom. The predicted molar refractivity (Wildman–Crippen MR) is 73.9 cm³/mol. The summed E-state index contributed by atoms with van der Waals surface area (Å²) in [4.78, 5) is 22.0. The average molecular weight is 267 g/mol. The van der Waals surface area contributed by atoms with E-state index in [4.69, 9.17) is 0 Å². The number of hydrogen-bond donors (Lipinski definition) is 1. The van der Waals surface area contributed by atoms with Crippen molar-refractivity contribution in [3.8, 4) is 0 Å². The number of aliphatic hydroxyl groups excluding tert-OH is 1. The summed E-state index contributed by atoms with van der Waals surface area (Å²) in [6.45, 7) is 5.76. The lowest BCUT2D eigenvalue weighted by Gasteiger charge is -2.38. The minimum atomic E-state index is -0.257. The third-order valence-electron chi connectivity index (χ3n) is 3.41. The summed E-state index contributed by atoms with van der Waals surface area (Å²) in [5.74, 6) is 0.0233. The molecule has 2 rings (SSSR count). The highest BCUT2D eigenvalue weighted by Crippen LogP contribution is 2.31. The first-order valence-electron chi connectivity index (χ1n) is 5.85. The van der Waals surface area contributed by atoms with Gasteiger partial charge >= 0.3 is 0 Å². The number of carbonyl (C=O) groups is 1. The van der Waals surface area contributed by atoms with Crippen molar-refractivity contribution in [2.45, 2.75) is 31.9 Å². The minimum Gasteiger partial charge on any atom is -0.393 e. The van der Waals surface area contributed by atoms with Gasteiger partial charge in [-0.2, -0.15) is 0 Å². The molecule has 6 heteroatoms. The second-order valence-corrected chi connectivity index (χ2v) is 5.31. The molecular weight excluding hydrogens is 250 g/mol. The monoisotopic (exact) mass is 267 g/mol. The van der Waals surface area contributed by atoms with Crippen molar-refractivity contribution in [2.24, 2.45) is 9.98 Å². The van der Waals surface area contributed by atoms with Crippen LogP contribution in [0.15, 0.2) is 21.3 Å². The third-order valence-corrected chi connectivity index (χ3v) is 4.00. The molecule has 2 aliphatic rings. The molecule has 0 atom stereocenters. The number of aliphatic imine (C=N–C) groups is 2. The summed E-state index contributed by atoms with van der Waals surface area (Å²) in [5.41, 5.74) is 1.43. The van der Waals surface area contributed by atoms with Crippen molar-refractivity contribution in [1.82, 2.24) is 4.90 Å². The summed E-state index contributed by atoms with van der Waals surface area (Å²) >= 11 is 1.41. The predicted octanol–water partition coefficient (Wildman–Crippen LogP) is 1.05. The molecule has 1 fully saturated rings. The van der Waals surface area contributed by atoms with Crippen LogP contribution in [-0.4, -0.2) is 52.7 Å². The number of hydrogen-bond acceptors (Lipinski definition) is 4. The fourth-order valence-corrected chi connectivity index (χ4v) is 2.51. The maximum absolute atomic E-state index is 12.1. The molecule has 0 bridgehead atoms. The van der Waals surface area contributed by atoms with Crippen molar-refractivity contribution in [3.63, 3.8) is 0 Å². The van der Waals surface area contributed by atoms with Gasteiger partial charge in [-0.3, -0.25) is 4.79 Å². The topological polar surface area (TPSA) is 65.3 Å². The zero-order chi connectivity index (χ0) is 13.3. The summed E-state index contributed by atoms with van der Waals surface area (Å²) in [7, 11) is 0. The number of carbonyl (C=O) groups excluding carboxylic acids is 1. The number of rotatable bonds is 2. The number of amides is 1. The number of thioether (sulfide) groups is 1. The maximum atomic E-state index is 12.1. The highest BCUT2D eigenvalue weighted by atomic mass is 32.2. The molecule has 0 aromatic rings. The second-order valence-electron chi connectivity index (χ2n) is 4.54. The lowest BCUT2D eigenvalue weighted by atomic mass is 9.88. The molecule has 1 aliphatic heterocycles. The molecule has 0 radical (unpaired) electrons. The lowest BCUT2D eigenvalue weighted by molar-refractivity contribution is -0.131. The van der Waals surface area contributed by atoms with Crippen LogP contribution >= 0.6 is 11.8 Å². The van der Waals surface area contributed by atoms with Crippen molar-refractivity contribution in [3.05, 3.63) is 11.3 Å². The number of nitrogens with zero attached hydrogens (tertiary/aromatic N) is 3. The van der Waals surface area contributed by atoms with E-state index >= 15 is 0 Å². The Balaban J connectivity index is 2.11. The standard InChI is InChI=1S/C12H17N3O2S/c1-7-10(14-12(13-2)18-3)6-15(11(7)17)8-4-9(16)5-8/h8-9,16H,2,4-6H2,1,3H3. The Labute approximate surface area is 111 Å². The Morgan fingerprint density at radius 3 is 2.72 bits per heavy atom. The molecule has 1 heterocycles. The molecule has 1 amide bonds. The average Bonchev–Trinajstić information content (AvgIpc) is 2.60. The van der Waals surface area contributed by atoms with Gasteiger partial charge in [0.25, 0.3) is 5.91 Å². The molecule has 0 spiro atoms. The zero-order valence-electron chi connectivity index (χ0n) is 10.6. The Hall–Kier alpha value is -1.14. The Kier molecular flexibility index (Phi) is 3.87. The molecule has 1 N–H and O–H groups in total. The van der Waals surface area contributed by atoms with E-state index < -0.39 is 0 Å². The maximum Gasteiger partial charge on any atom is 0.252 e. The molecule has 5 nitrogen and oxygen atoms in total. The molecule has 98 valence electrons. The van der Waals surface area contributed by atoms with Crippen LogP contribution in [0.2, 0.25) is 0 Å². The first-order chi connectivity index (χ1) is 8.56. The van der Waals surface area contributed by atoms with Crippen LogP contribution in [0.1, 0.15) is 19.8 Å². The van der Waals surface area contributed by atoms with Crippen LogP contribution in [0.5, 0.6) is 0 Å². The van der Waals surface area contributed by atoms with Gasteiger partial charge < -0.3 is 10.0 Å². The van der Waals surface area contributed by atoms with Crippen molar-refractivity contribution < 1.29 is 9.90 Å². The van der Waals surface area contributed by atoms with Crippen LogP contribution in [-0.2, 0) is 4.79 Å². The van der Waals surface area contributed by atoms with E-state index in [1.807, 2.05) is 6.26 Å². The van der Waals surface area contributed by atoms with E-state index in [1.54, 1.807) is 11.8 Å². The lowest BCUT2D eigenvalue weighted by Crippen LogP contribution is -2.48. The summed E-state index contributed by atoms with van der Waals surface area (Å²) in [6.07, 6.45) is 2.96. The van der Waals surface area contributed by atoms with E-state index in [-0.39, 0.29) is 18.1 Å². The fourth-order valence-electron chi connectivity index (χ4n) is 2.18. The van der Waals surface area contributed by atoms with E-state index in [0.29, 0.717) is 30.1 Å². The van der Waals surface area contributed by atoms with Crippen LogP contribution < -0.4 is 0 Å².